The first-order chi connectivity index (χ1) is 20.7. The number of rotatable bonds is 3. The van der Waals surface area contributed by atoms with Crippen LogP contribution in [0.5, 0.6) is 11.8 Å². The molecule has 43 heavy (non-hydrogen) atoms. The topological polar surface area (TPSA) is 94.8 Å². The lowest BCUT2D eigenvalue weighted by atomic mass is 9.87. The van der Waals surface area contributed by atoms with Gasteiger partial charge in [-0.05, 0) is 69.2 Å². The number of phenolic OH excluding ortho intramolecular Hbond substituents is 1. The zero-order valence-corrected chi connectivity index (χ0v) is 25.1. The van der Waals surface area contributed by atoms with E-state index in [-0.39, 0.29) is 29.6 Å². The molecular weight excluding hydrogens is 576 g/mol. The van der Waals surface area contributed by atoms with Crippen LogP contribution < -0.4 is 9.64 Å². The van der Waals surface area contributed by atoms with Crippen molar-refractivity contribution in [3.63, 3.8) is 0 Å². The van der Waals surface area contributed by atoms with Crippen molar-refractivity contribution < 1.29 is 23.7 Å². The monoisotopic (exact) mass is 613 g/mol. The second-order valence-electron chi connectivity index (χ2n) is 13.0. The van der Waals surface area contributed by atoms with Crippen LogP contribution in [0.2, 0.25) is 5.02 Å². The molecule has 8 rings (SSSR count). The van der Waals surface area contributed by atoms with Gasteiger partial charge in [-0.15, -0.1) is 0 Å². The molecule has 0 aliphatic carbocycles. The highest BCUT2D eigenvalue weighted by atomic mass is 35.5. The molecule has 8 nitrogen and oxygen atoms in total. The molecule has 0 spiro atoms. The highest BCUT2D eigenvalue weighted by Crippen LogP contribution is 2.42. The lowest BCUT2D eigenvalue weighted by Crippen LogP contribution is -2.48. The number of aromatic hydroxyl groups is 1. The van der Waals surface area contributed by atoms with Gasteiger partial charge in [0, 0.05) is 42.8 Å². The van der Waals surface area contributed by atoms with Crippen molar-refractivity contribution in [3.05, 3.63) is 34.7 Å². The Bertz CT molecular complexity index is 1540. The standard InChI is InChI=1S/C32H38ClF2N5O3/c33-25-14-21(41)13-23-22(25)7-3-1-2-4-9-32(42)10-6-11-39(18-32)29-24-16-36-27(23)26(35)28(24)37-30(38-29)43-19-31-8-5-12-40(31)17-20(34)15-31/h13-14,16,20,41-42H,1-12,15,17-19H2/t20-,31+,32?/m1/s1. The second-order valence-corrected chi connectivity index (χ2v) is 13.4. The minimum atomic E-state index is -0.899. The van der Waals surface area contributed by atoms with E-state index in [1.165, 1.54) is 12.1 Å². The van der Waals surface area contributed by atoms with Crippen molar-refractivity contribution in [2.45, 2.75) is 87.9 Å². The Balaban J connectivity index is 1.36. The molecule has 0 radical (unpaired) electrons. The maximum absolute atomic E-state index is 16.6. The van der Waals surface area contributed by atoms with Crippen LogP contribution in [0.1, 0.15) is 69.8 Å². The maximum Gasteiger partial charge on any atom is 0.319 e. The number of nitrogens with zero attached hydrogens (tertiary/aromatic N) is 5. The second kappa shape index (κ2) is 11.3. The molecule has 2 aromatic heterocycles. The zero-order valence-electron chi connectivity index (χ0n) is 24.3. The van der Waals surface area contributed by atoms with Crippen molar-refractivity contribution >= 4 is 28.3 Å². The first-order valence-corrected chi connectivity index (χ1v) is 16.0. The number of hydrogen-bond donors (Lipinski definition) is 2. The van der Waals surface area contributed by atoms with Crippen molar-refractivity contribution in [2.75, 3.05) is 37.7 Å². The molecular formula is C32H38ClF2N5O3. The summed E-state index contributed by atoms with van der Waals surface area (Å²) in [5.74, 6) is -0.255. The first-order valence-electron chi connectivity index (χ1n) is 15.6. The van der Waals surface area contributed by atoms with E-state index < -0.39 is 23.1 Å². The fourth-order valence-electron chi connectivity index (χ4n) is 7.86. The first kappa shape index (κ1) is 28.9. The van der Waals surface area contributed by atoms with Gasteiger partial charge in [-0.25, -0.2) is 8.78 Å². The molecule has 1 aromatic carbocycles. The summed E-state index contributed by atoms with van der Waals surface area (Å²) in [5.41, 5.74) is -0.0266. The summed E-state index contributed by atoms with van der Waals surface area (Å²) in [5, 5.41) is 22.8. The number of pyridine rings is 1. The van der Waals surface area contributed by atoms with Gasteiger partial charge in [-0.2, -0.15) is 9.97 Å². The molecule has 3 fully saturated rings. The zero-order chi connectivity index (χ0) is 29.8. The molecule has 230 valence electrons. The largest absolute Gasteiger partial charge is 0.508 e. The summed E-state index contributed by atoms with van der Waals surface area (Å²) in [4.78, 5) is 18.0. The molecule has 11 heteroatoms. The number of hydrogen-bond acceptors (Lipinski definition) is 8. The summed E-state index contributed by atoms with van der Waals surface area (Å²) in [6, 6.07) is 3.00. The Labute approximate surface area is 255 Å². The van der Waals surface area contributed by atoms with E-state index in [1.807, 2.05) is 4.90 Å². The SMILES string of the molecule is Oc1cc(Cl)c2c(c1)-c1ncc3c(nc(OC[C@@]45CCCN4C[C@H](F)C5)nc3c1F)N1CCCC(O)(CCCCCC2)C1. The number of phenols is 1. The number of halogens is 3. The molecule has 0 amide bonds. The predicted molar refractivity (Wildman–Crippen MR) is 161 cm³/mol. The summed E-state index contributed by atoms with van der Waals surface area (Å²) in [6.45, 7) is 2.46. The molecule has 0 saturated carbocycles. The van der Waals surface area contributed by atoms with Gasteiger partial charge in [0.05, 0.1) is 16.5 Å². The lowest BCUT2D eigenvalue weighted by molar-refractivity contribution is 0.0151. The van der Waals surface area contributed by atoms with Gasteiger partial charge >= 0.3 is 6.01 Å². The van der Waals surface area contributed by atoms with Crippen molar-refractivity contribution in [3.8, 4) is 23.0 Å². The van der Waals surface area contributed by atoms with E-state index >= 15 is 4.39 Å². The molecule has 7 heterocycles. The number of fused-ring (bicyclic) bond motifs is 7. The number of anilines is 1. The number of aromatic nitrogens is 3. The summed E-state index contributed by atoms with van der Waals surface area (Å²) >= 11 is 6.59. The minimum absolute atomic E-state index is 0.0199. The Kier molecular flexibility index (Phi) is 7.58. The van der Waals surface area contributed by atoms with Gasteiger partial charge in [-0.3, -0.25) is 9.88 Å². The van der Waals surface area contributed by atoms with Crippen LogP contribution >= 0.6 is 11.6 Å². The minimum Gasteiger partial charge on any atom is -0.508 e. The quantitative estimate of drug-likeness (QED) is 0.372. The summed E-state index contributed by atoms with van der Waals surface area (Å²) in [7, 11) is 0. The van der Waals surface area contributed by atoms with Gasteiger partial charge in [0.2, 0.25) is 0 Å². The lowest BCUT2D eigenvalue weighted by Gasteiger charge is -2.40. The van der Waals surface area contributed by atoms with Crippen molar-refractivity contribution in [2.24, 2.45) is 0 Å². The Morgan fingerprint density at radius 3 is 2.74 bits per heavy atom. The third kappa shape index (κ3) is 5.40. The smallest absolute Gasteiger partial charge is 0.319 e. The van der Waals surface area contributed by atoms with Gasteiger partial charge in [-0.1, -0.05) is 30.9 Å². The molecule has 5 aliphatic heterocycles. The predicted octanol–water partition coefficient (Wildman–Crippen LogP) is 5.98. The van der Waals surface area contributed by atoms with E-state index in [2.05, 4.69) is 14.9 Å². The highest BCUT2D eigenvalue weighted by molar-refractivity contribution is 6.32. The van der Waals surface area contributed by atoms with Crippen molar-refractivity contribution in [1.82, 2.24) is 19.9 Å². The van der Waals surface area contributed by atoms with Gasteiger partial charge < -0.3 is 19.8 Å². The molecule has 5 aliphatic rings. The fourth-order valence-corrected chi connectivity index (χ4v) is 8.16. The van der Waals surface area contributed by atoms with Crippen LogP contribution in [0.3, 0.4) is 0 Å². The van der Waals surface area contributed by atoms with Crippen LogP contribution in [0.4, 0.5) is 14.6 Å². The number of alkyl halides is 1. The van der Waals surface area contributed by atoms with E-state index in [9.17, 15) is 14.6 Å². The van der Waals surface area contributed by atoms with Crippen molar-refractivity contribution in [1.29, 1.82) is 0 Å². The Morgan fingerprint density at radius 1 is 1.05 bits per heavy atom. The summed E-state index contributed by atoms with van der Waals surface area (Å²) < 4.78 is 37.3. The molecule has 6 bridgehead atoms. The number of benzene rings is 1. The summed E-state index contributed by atoms with van der Waals surface area (Å²) in [6.07, 6.45) is 9.24. The third-order valence-electron chi connectivity index (χ3n) is 9.98. The molecule has 2 N–H and O–H groups in total. The normalized spacial score (nSPS) is 28.0. The van der Waals surface area contributed by atoms with Gasteiger partial charge in [0.1, 0.15) is 35.6 Å². The Morgan fingerprint density at radius 2 is 1.86 bits per heavy atom. The van der Waals surface area contributed by atoms with Crippen LogP contribution in [0.15, 0.2) is 18.3 Å². The molecule has 1 unspecified atom stereocenters. The molecule has 3 saturated heterocycles. The van der Waals surface area contributed by atoms with Gasteiger partial charge in [0.25, 0.3) is 0 Å². The Hall–Kier alpha value is -2.82. The molecule has 3 aromatic rings. The van der Waals surface area contributed by atoms with E-state index in [0.29, 0.717) is 67.1 Å². The van der Waals surface area contributed by atoms with Gasteiger partial charge in [0.15, 0.2) is 5.82 Å². The van der Waals surface area contributed by atoms with Crippen LogP contribution in [-0.2, 0) is 6.42 Å². The van der Waals surface area contributed by atoms with E-state index in [0.717, 1.165) is 57.1 Å². The average Bonchev–Trinajstić information content (AvgIpc) is 3.49. The number of aliphatic hydroxyl groups is 1. The van der Waals surface area contributed by atoms with Crippen LogP contribution in [-0.4, -0.2) is 80.2 Å². The highest BCUT2D eigenvalue weighted by Gasteiger charge is 2.49. The van der Waals surface area contributed by atoms with E-state index in [4.69, 9.17) is 21.3 Å². The third-order valence-corrected chi connectivity index (χ3v) is 10.3. The van der Waals surface area contributed by atoms with Crippen LogP contribution in [0.25, 0.3) is 22.2 Å². The van der Waals surface area contributed by atoms with E-state index in [1.54, 1.807) is 6.20 Å². The number of ether oxygens (including phenoxy) is 1. The maximum atomic E-state index is 16.6. The number of piperidine rings is 1. The average molecular weight is 614 g/mol. The fraction of sp³-hybridized carbons (Fsp3) is 0.594. The molecule has 3 atom stereocenters. The van der Waals surface area contributed by atoms with Crippen LogP contribution in [0, 0.1) is 5.82 Å².